The summed E-state index contributed by atoms with van der Waals surface area (Å²) in [7, 11) is 0. The predicted octanol–water partition coefficient (Wildman–Crippen LogP) is 11.1. The topological polar surface area (TPSA) is 37.3 Å². The van der Waals surface area contributed by atoms with Crippen LogP contribution in [0.3, 0.4) is 0 Å². The molecule has 0 spiro atoms. The summed E-state index contributed by atoms with van der Waals surface area (Å²) in [4.78, 5) is 11.6. The van der Waals surface area contributed by atoms with E-state index >= 15 is 0 Å². The average Bonchev–Trinajstić information content (AvgIpc) is 2.78. The number of hydrogen-bond donors (Lipinski definition) is 1. The van der Waals surface area contributed by atoms with Crippen molar-refractivity contribution >= 4 is 19.4 Å². The molecule has 0 radical (unpaired) electrons. The van der Waals surface area contributed by atoms with Crippen molar-refractivity contribution in [1.29, 1.82) is 0 Å². The quantitative estimate of drug-likeness (QED) is 0.0874. The zero-order valence-corrected chi connectivity index (χ0v) is 24.1. The molecular formula is C29H59AsO2. The third-order valence-corrected chi connectivity index (χ3v) is 11.6. The number of carbonyl (C=O) groups is 1. The molecule has 0 aliphatic rings. The minimum absolute atomic E-state index is 0.413. The van der Waals surface area contributed by atoms with Gasteiger partial charge in [-0.05, 0) is 0 Å². The van der Waals surface area contributed by atoms with Crippen LogP contribution in [0.2, 0.25) is 10.4 Å². The molecule has 0 bridgehead atoms. The minimum atomic E-state index is -1.63. The van der Waals surface area contributed by atoms with Crippen LogP contribution in [0.25, 0.3) is 0 Å². The summed E-state index contributed by atoms with van der Waals surface area (Å²) in [5.41, 5.74) is 0. The van der Waals surface area contributed by atoms with E-state index in [2.05, 4.69) is 13.8 Å². The van der Waals surface area contributed by atoms with E-state index in [-0.39, 0.29) is 0 Å². The van der Waals surface area contributed by atoms with Crippen molar-refractivity contribution in [1.82, 2.24) is 0 Å². The Morgan fingerprint density at radius 3 is 0.875 bits per heavy atom. The Balaban J connectivity index is 3.42. The van der Waals surface area contributed by atoms with Crippen molar-refractivity contribution in [3.8, 4) is 0 Å². The molecule has 0 aliphatic heterocycles. The molecule has 0 saturated carbocycles. The van der Waals surface area contributed by atoms with Crippen molar-refractivity contribution in [3.05, 3.63) is 0 Å². The predicted molar refractivity (Wildman–Crippen MR) is 146 cm³/mol. The van der Waals surface area contributed by atoms with Crippen LogP contribution in [0.4, 0.5) is 4.79 Å². The third-order valence-electron chi connectivity index (χ3n) is 6.83. The average molecular weight is 515 g/mol. The second-order valence-corrected chi connectivity index (χ2v) is 15.0. The maximum atomic E-state index is 11.6. The van der Waals surface area contributed by atoms with E-state index in [1.165, 1.54) is 154 Å². The van der Waals surface area contributed by atoms with Crippen LogP contribution in [-0.4, -0.2) is 24.5 Å². The molecule has 0 heterocycles. The Bertz CT molecular complexity index is 344. The molecule has 0 aliphatic carbocycles. The second-order valence-electron chi connectivity index (χ2n) is 10.0. The molecule has 0 aromatic heterocycles. The van der Waals surface area contributed by atoms with Crippen molar-refractivity contribution < 1.29 is 9.90 Å². The van der Waals surface area contributed by atoms with Crippen LogP contribution in [-0.2, 0) is 0 Å². The summed E-state index contributed by atoms with van der Waals surface area (Å²) in [6.07, 6.45) is 32.6. The second kappa shape index (κ2) is 27.3. The van der Waals surface area contributed by atoms with Gasteiger partial charge in [0, 0.05) is 0 Å². The van der Waals surface area contributed by atoms with Gasteiger partial charge >= 0.3 is 181 Å². The maximum absolute atomic E-state index is 11.6. The molecule has 0 fully saturated rings. The van der Waals surface area contributed by atoms with E-state index in [1.54, 1.807) is 0 Å². The van der Waals surface area contributed by atoms with Gasteiger partial charge in [0.05, 0.1) is 0 Å². The summed E-state index contributed by atoms with van der Waals surface area (Å²) in [5.74, 6) is 0. The molecule has 0 aromatic carbocycles. The first-order valence-corrected chi connectivity index (χ1v) is 18.3. The Morgan fingerprint density at radius 2 is 0.656 bits per heavy atom. The zero-order valence-electron chi connectivity index (χ0n) is 22.2. The van der Waals surface area contributed by atoms with Crippen LogP contribution < -0.4 is 0 Å². The number of hydrogen-bond acceptors (Lipinski definition) is 1. The van der Waals surface area contributed by atoms with E-state index in [9.17, 15) is 9.90 Å². The van der Waals surface area contributed by atoms with Gasteiger partial charge in [0.15, 0.2) is 0 Å². The number of carboxylic acid groups (broad SMARTS) is 1. The molecular weight excluding hydrogens is 455 g/mol. The first-order chi connectivity index (χ1) is 15.7. The fourth-order valence-electron chi connectivity index (χ4n) is 4.59. The molecule has 192 valence electrons. The van der Waals surface area contributed by atoms with E-state index < -0.39 is 19.4 Å². The fourth-order valence-corrected chi connectivity index (χ4v) is 8.40. The van der Waals surface area contributed by atoms with Gasteiger partial charge in [-0.3, -0.25) is 0 Å². The van der Waals surface area contributed by atoms with Crippen LogP contribution in [0, 0.1) is 0 Å². The SMILES string of the molecule is CCCCCCCCCCCCCC[As](CCCCCCCCCCCCCC)C(=O)O. The summed E-state index contributed by atoms with van der Waals surface area (Å²) in [6, 6.07) is 0. The zero-order chi connectivity index (χ0) is 23.5. The summed E-state index contributed by atoms with van der Waals surface area (Å²) >= 11 is -1.63. The molecule has 0 atom stereocenters. The summed E-state index contributed by atoms with van der Waals surface area (Å²) in [6.45, 7) is 4.56. The van der Waals surface area contributed by atoms with Gasteiger partial charge in [-0.2, -0.15) is 0 Å². The summed E-state index contributed by atoms with van der Waals surface area (Å²) < 4.78 is -0.413. The van der Waals surface area contributed by atoms with Crippen LogP contribution in [0.15, 0.2) is 0 Å². The Hall–Kier alpha value is 0.0284. The molecule has 2 nitrogen and oxygen atoms in total. The first-order valence-electron chi connectivity index (χ1n) is 14.7. The van der Waals surface area contributed by atoms with Gasteiger partial charge in [0.25, 0.3) is 0 Å². The first kappa shape index (κ1) is 32.0. The normalized spacial score (nSPS) is 11.5. The molecule has 1 N–H and O–H groups in total. The Kier molecular flexibility index (Phi) is 27.3. The molecule has 32 heavy (non-hydrogen) atoms. The van der Waals surface area contributed by atoms with Crippen molar-refractivity contribution in [3.63, 3.8) is 0 Å². The molecule has 0 unspecified atom stereocenters. The van der Waals surface area contributed by atoms with Gasteiger partial charge in [-0.15, -0.1) is 0 Å². The molecule has 3 heteroatoms. The van der Waals surface area contributed by atoms with Gasteiger partial charge in [0.2, 0.25) is 0 Å². The number of rotatable bonds is 27. The Morgan fingerprint density at radius 1 is 0.438 bits per heavy atom. The van der Waals surface area contributed by atoms with Crippen molar-refractivity contribution in [2.75, 3.05) is 0 Å². The summed E-state index contributed by atoms with van der Waals surface area (Å²) in [5, 5.41) is 11.7. The van der Waals surface area contributed by atoms with Gasteiger partial charge < -0.3 is 0 Å². The Labute approximate surface area is 207 Å². The van der Waals surface area contributed by atoms with Crippen molar-refractivity contribution in [2.45, 2.75) is 178 Å². The van der Waals surface area contributed by atoms with Crippen LogP contribution in [0.5, 0.6) is 0 Å². The van der Waals surface area contributed by atoms with Crippen molar-refractivity contribution in [2.24, 2.45) is 0 Å². The standard InChI is InChI=1S/C29H59AsO2/c1-3-5-7-9-11-13-15-17-19-21-23-25-27-30(29(31)32)28-26-24-22-20-18-16-14-12-10-8-6-4-2/h3-28H2,1-2H3,(H,31,32). The van der Waals surface area contributed by atoms with E-state index in [1.807, 2.05) is 0 Å². The fraction of sp³-hybridized carbons (Fsp3) is 0.966. The van der Waals surface area contributed by atoms with Crippen LogP contribution in [0.1, 0.15) is 168 Å². The van der Waals surface area contributed by atoms with E-state index in [0.29, 0.717) is 0 Å². The molecule has 0 aromatic rings. The van der Waals surface area contributed by atoms with Gasteiger partial charge in [0.1, 0.15) is 0 Å². The monoisotopic (exact) mass is 514 g/mol. The van der Waals surface area contributed by atoms with Gasteiger partial charge in [-0.25, -0.2) is 0 Å². The third kappa shape index (κ3) is 24.7. The molecule has 0 saturated heterocycles. The van der Waals surface area contributed by atoms with E-state index in [0.717, 1.165) is 10.4 Å². The van der Waals surface area contributed by atoms with Crippen LogP contribution >= 0.6 is 0 Å². The number of unbranched alkanes of at least 4 members (excludes halogenated alkanes) is 22. The van der Waals surface area contributed by atoms with Gasteiger partial charge in [-0.1, -0.05) is 26.7 Å². The van der Waals surface area contributed by atoms with E-state index in [4.69, 9.17) is 0 Å². The molecule has 0 rings (SSSR count). The molecule has 0 amide bonds.